The lowest BCUT2D eigenvalue weighted by Crippen LogP contribution is -2.37. The Morgan fingerprint density at radius 2 is 1.59 bits per heavy atom. The normalized spacial score (nSPS) is 16.2. The summed E-state index contributed by atoms with van der Waals surface area (Å²) >= 11 is 12.1. The lowest BCUT2D eigenvalue weighted by molar-refractivity contribution is 0.0759. The van der Waals surface area contributed by atoms with Gasteiger partial charge in [-0.1, -0.05) is 41.4 Å². The molecule has 27 heavy (non-hydrogen) atoms. The molecule has 0 aliphatic carbocycles. The van der Waals surface area contributed by atoms with Gasteiger partial charge in [0, 0.05) is 26.2 Å². The molecule has 144 valence electrons. The van der Waals surface area contributed by atoms with E-state index >= 15 is 0 Å². The summed E-state index contributed by atoms with van der Waals surface area (Å²) in [5.41, 5.74) is -0.0250. The fraction of sp³-hybridized carbons (Fsp3) is 0.278. The predicted octanol–water partition coefficient (Wildman–Crippen LogP) is 3.67. The highest BCUT2D eigenvalue weighted by Crippen LogP contribution is 2.32. The Hall–Kier alpha value is -1.67. The molecule has 1 aliphatic heterocycles. The minimum Gasteiger partial charge on any atom is -0.337 e. The van der Waals surface area contributed by atoms with Crippen LogP contribution in [-0.2, 0) is 10.0 Å². The van der Waals surface area contributed by atoms with E-state index in [2.05, 4.69) is 0 Å². The second-order valence-corrected chi connectivity index (χ2v) is 8.77. The van der Waals surface area contributed by atoms with Crippen molar-refractivity contribution in [1.82, 2.24) is 9.21 Å². The first kappa shape index (κ1) is 20.1. The largest absolute Gasteiger partial charge is 0.337 e. The van der Waals surface area contributed by atoms with Gasteiger partial charge >= 0.3 is 0 Å². The Bertz CT molecular complexity index is 949. The highest BCUT2D eigenvalue weighted by molar-refractivity contribution is 7.89. The number of hydrogen-bond donors (Lipinski definition) is 0. The zero-order valence-electron chi connectivity index (χ0n) is 14.2. The standard InChI is InChI=1S/C18H17Cl2FN2O3S/c19-14-6-3-7-15(20)17(14)27(25,26)23-10-4-9-22(11-12-23)18(24)13-5-1-2-8-16(13)21/h1-3,5-8H,4,9-12H2. The monoisotopic (exact) mass is 430 g/mol. The van der Waals surface area contributed by atoms with Crippen LogP contribution in [0.25, 0.3) is 0 Å². The van der Waals surface area contributed by atoms with Gasteiger partial charge in [-0.3, -0.25) is 4.79 Å². The van der Waals surface area contributed by atoms with Crippen LogP contribution in [0, 0.1) is 5.82 Å². The second-order valence-electron chi connectivity index (χ2n) is 6.08. The number of benzene rings is 2. The summed E-state index contributed by atoms with van der Waals surface area (Å²) in [5, 5.41) is 0.0945. The van der Waals surface area contributed by atoms with E-state index in [0.29, 0.717) is 13.0 Å². The van der Waals surface area contributed by atoms with Crippen molar-refractivity contribution in [1.29, 1.82) is 0 Å². The van der Waals surface area contributed by atoms with Gasteiger partial charge in [-0.15, -0.1) is 0 Å². The zero-order chi connectivity index (χ0) is 19.6. The molecule has 0 radical (unpaired) electrons. The molecule has 1 saturated heterocycles. The molecule has 1 aliphatic rings. The van der Waals surface area contributed by atoms with Crippen LogP contribution in [0.2, 0.25) is 10.0 Å². The molecule has 9 heteroatoms. The summed E-state index contributed by atoms with van der Waals surface area (Å²) in [4.78, 5) is 13.9. The van der Waals surface area contributed by atoms with Crippen molar-refractivity contribution < 1.29 is 17.6 Å². The molecule has 5 nitrogen and oxygen atoms in total. The third kappa shape index (κ3) is 4.11. The van der Waals surface area contributed by atoms with Gasteiger partial charge in [-0.25, -0.2) is 12.8 Å². The highest BCUT2D eigenvalue weighted by Gasteiger charge is 2.32. The Balaban J connectivity index is 1.81. The average Bonchev–Trinajstić information content (AvgIpc) is 2.88. The van der Waals surface area contributed by atoms with Crippen molar-refractivity contribution >= 4 is 39.1 Å². The minimum atomic E-state index is -3.91. The van der Waals surface area contributed by atoms with Crippen LogP contribution in [0.1, 0.15) is 16.8 Å². The molecule has 0 atom stereocenters. The SMILES string of the molecule is O=C(c1ccccc1F)N1CCCN(S(=O)(=O)c2c(Cl)cccc2Cl)CC1. The smallest absolute Gasteiger partial charge is 0.256 e. The molecule has 0 unspecified atom stereocenters. The number of carbonyl (C=O) groups excluding carboxylic acids is 1. The number of carbonyl (C=O) groups is 1. The fourth-order valence-electron chi connectivity index (χ4n) is 3.00. The Kier molecular flexibility index (Phi) is 6.05. The van der Waals surface area contributed by atoms with E-state index in [-0.39, 0.29) is 40.1 Å². The van der Waals surface area contributed by atoms with Gasteiger partial charge < -0.3 is 4.90 Å². The number of nitrogens with zero attached hydrogens (tertiary/aromatic N) is 2. The van der Waals surface area contributed by atoms with Crippen LogP contribution >= 0.6 is 23.2 Å². The van der Waals surface area contributed by atoms with Crippen molar-refractivity contribution in [3.8, 4) is 0 Å². The van der Waals surface area contributed by atoms with E-state index in [1.165, 1.54) is 39.5 Å². The maximum absolute atomic E-state index is 13.9. The lowest BCUT2D eigenvalue weighted by atomic mass is 10.2. The molecular weight excluding hydrogens is 414 g/mol. The van der Waals surface area contributed by atoms with Crippen LogP contribution in [0.3, 0.4) is 0 Å². The molecule has 2 aromatic carbocycles. The van der Waals surface area contributed by atoms with Crippen molar-refractivity contribution in [3.63, 3.8) is 0 Å². The molecule has 0 spiro atoms. The van der Waals surface area contributed by atoms with Crippen LogP contribution in [0.15, 0.2) is 47.4 Å². The van der Waals surface area contributed by atoms with E-state index in [0.717, 1.165) is 0 Å². The Morgan fingerprint density at radius 3 is 2.26 bits per heavy atom. The third-order valence-corrected chi connectivity index (χ3v) is 7.22. The third-order valence-electron chi connectivity index (χ3n) is 4.36. The van der Waals surface area contributed by atoms with E-state index in [1.54, 1.807) is 12.1 Å². The van der Waals surface area contributed by atoms with Gasteiger partial charge in [0.1, 0.15) is 10.7 Å². The second kappa shape index (κ2) is 8.14. The molecule has 3 rings (SSSR count). The Morgan fingerprint density at radius 1 is 0.926 bits per heavy atom. The maximum Gasteiger partial charge on any atom is 0.256 e. The molecule has 0 aromatic heterocycles. The van der Waals surface area contributed by atoms with Crippen LogP contribution in [-0.4, -0.2) is 49.7 Å². The Labute approximate surface area is 167 Å². The number of halogens is 3. The van der Waals surface area contributed by atoms with E-state index in [9.17, 15) is 17.6 Å². The quantitative estimate of drug-likeness (QED) is 0.746. The molecular formula is C18H17Cl2FN2O3S. The van der Waals surface area contributed by atoms with Gasteiger partial charge in [0.15, 0.2) is 0 Å². The molecule has 0 bridgehead atoms. The zero-order valence-corrected chi connectivity index (χ0v) is 16.6. The molecule has 0 N–H and O–H groups in total. The highest BCUT2D eigenvalue weighted by atomic mass is 35.5. The molecule has 2 aromatic rings. The number of sulfonamides is 1. The van der Waals surface area contributed by atoms with Gasteiger partial charge in [0.2, 0.25) is 10.0 Å². The summed E-state index contributed by atoms with van der Waals surface area (Å²) in [6.45, 7) is 0.763. The van der Waals surface area contributed by atoms with Crippen molar-refractivity contribution in [2.75, 3.05) is 26.2 Å². The maximum atomic E-state index is 13.9. The van der Waals surface area contributed by atoms with Crippen LogP contribution < -0.4 is 0 Å². The first-order valence-corrected chi connectivity index (χ1v) is 10.5. The van der Waals surface area contributed by atoms with E-state index in [1.807, 2.05) is 0 Å². The van der Waals surface area contributed by atoms with Crippen molar-refractivity contribution in [2.45, 2.75) is 11.3 Å². The van der Waals surface area contributed by atoms with Gasteiger partial charge in [0.05, 0.1) is 15.6 Å². The number of amides is 1. The molecule has 1 heterocycles. The van der Waals surface area contributed by atoms with Crippen molar-refractivity contribution in [3.05, 3.63) is 63.9 Å². The van der Waals surface area contributed by atoms with E-state index in [4.69, 9.17) is 23.2 Å². The average molecular weight is 431 g/mol. The lowest BCUT2D eigenvalue weighted by Gasteiger charge is -2.23. The molecule has 0 saturated carbocycles. The fourth-order valence-corrected chi connectivity index (χ4v) is 5.56. The topological polar surface area (TPSA) is 57.7 Å². The van der Waals surface area contributed by atoms with Gasteiger partial charge in [0.25, 0.3) is 5.91 Å². The summed E-state index contributed by atoms with van der Waals surface area (Å²) < 4.78 is 41.1. The summed E-state index contributed by atoms with van der Waals surface area (Å²) in [6, 6.07) is 10.2. The molecule has 1 fully saturated rings. The number of hydrogen-bond acceptors (Lipinski definition) is 3. The van der Waals surface area contributed by atoms with Crippen LogP contribution in [0.4, 0.5) is 4.39 Å². The number of rotatable bonds is 3. The summed E-state index contributed by atoms with van der Waals surface area (Å²) in [5.74, 6) is -1.05. The van der Waals surface area contributed by atoms with Gasteiger partial charge in [-0.2, -0.15) is 4.31 Å². The predicted molar refractivity (Wildman–Crippen MR) is 102 cm³/mol. The minimum absolute atomic E-state index is 0.0250. The van der Waals surface area contributed by atoms with E-state index < -0.39 is 21.7 Å². The first-order valence-electron chi connectivity index (χ1n) is 8.30. The van der Waals surface area contributed by atoms with Gasteiger partial charge in [-0.05, 0) is 30.7 Å². The van der Waals surface area contributed by atoms with Crippen LogP contribution in [0.5, 0.6) is 0 Å². The van der Waals surface area contributed by atoms with Crippen molar-refractivity contribution in [2.24, 2.45) is 0 Å². The summed E-state index contributed by atoms with van der Waals surface area (Å²) in [7, 11) is -3.91. The first-order chi connectivity index (χ1) is 12.8. The molecule has 1 amide bonds. The summed E-state index contributed by atoms with van der Waals surface area (Å²) in [6.07, 6.45) is 0.418.